The maximum atomic E-state index is 12.7. The first-order valence-corrected chi connectivity index (χ1v) is 9.75. The van der Waals surface area contributed by atoms with E-state index in [-0.39, 0.29) is 13.2 Å². The van der Waals surface area contributed by atoms with E-state index in [9.17, 15) is 22.8 Å². The number of ether oxygens (including phenoxy) is 2. The second-order valence-corrected chi connectivity index (χ2v) is 7.86. The van der Waals surface area contributed by atoms with Crippen LogP contribution in [0.3, 0.4) is 0 Å². The van der Waals surface area contributed by atoms with Gasteiger partial charge in [0.25, 0.3) is 0 Å². The Hall–Kier alpha value is -1.44. The summed E-state index contributed by atoms with van der Waals surface area (Å²) in [4.78, 5) is 36.7. The summed E-state index contributed by atoms with van der Waals surface area (Å²) in [6, 6.07) is 0. The van der Waals surface area contributed by atoms with E-state index in [4.69, 9.17) is 9.47 Å². The van der Waals surface area contributed by atoms with E-state index in [1.54, 1.807) is 13.8 Å². The van der Waals surface area contributed by atoms with Crippen molar-refractivity contribution in [1.29, 1.82) is 0 Å². The minimum Gasteiger partial charge on any atom is -0.465 e. The van der Waals surface area contributed by atoms with E-state index in [1.807, 2.05) is 0 Å². The van der Waals surface area contributed by atoms with Crippen LogP contribution in [0.15, 0.2) is 0 Å². The first-order valence-electron chi connectivity index (χ1n) is 7.79. The first-order chi connectivity index (χ1) is 10.7. The molecule has 0 aromatic carbocycles. The fraction of sp³-hybridized carbons (Fsp3) is 0.800. The number of carbonyl (C=O) groups is 3. The van der Waals surface area contributed by atoms with Gasteiger partial charge in [0.05, 0.1) is 18.5 Å². The summed E-state index contributed by atoms with van der Waals surface area (Å²) in [6.07, 6.45) is 3.15. The number of esters is 2. The molecule has 7 nitrogen and oxygen atoms in total. The lowest BCUT2D eigenvalue weighted by molar-refractivity contribution is -0.165. The van der Waals surface area contributed by atoms with Crippen LogP contribution in [-0.2, 0) is 33.7 Å². The summed E-state index contributed by atoms with van der Waals surface area (Å²) in [5.74, 6) is -5.25. The van der Waals surface area contributed by atoms with Gasteiger partial charge in [0, 0.05) is 12.2 Å². The molecule has 0 heterocycles. The van der Waals surface area contributed by atoms with Gasteiger partial charge in [0.2, 0.25) is 5.92 Å². The first kappa shape index (κ1) is 19.6. The molecule has 0 N–H and O–H groups in total. The standard InChI is InChI=1S/C15H24O7S/c1-4-21-14(17)12(15(18)22-5-2)13(16)10-8-6-7-9-11(10)23(3,19)20/h10-12H,4-9H2,1-3H3. The van der Waals surface area contributed by atoms with E-state index in [1.165, 1.54) is 0 Å². The van der Waals surface area contributed by atoms with Crippen molar-refractivity contribution in [3.05, 3.63) is 0 Å². The van der Waals surface area contributed by atoms with Crippen molar-refractivity contribution in [2.75, 3.05) is 19.5 Å². The predicted octanol–water partition coefficient (Wildman–Crippen LogP) is 0.901. The number of rotatable bonds is 7. The number of Topliss-reactive ketones (excluding diaryl/α,β-unsaturated/α-hetero) is 1. The molecule has 0 bridgehead atoms. The van der Waals surface area contributed by atoms with E-state index in [0.29, 0.717) is 25.7 Å². The number of carbonyl (C=O) groups excluding carboxylic acids is 3. The second-order valence-electron chi connectivity index (χ2n) is 5.60. The summed E-state index contributed by atoms with van der Waals surface area (Å²) >= 11 is 0. The van der Waals surface area contributed by atoms with Crippen LogP contribution in [0.4, 0.5) is 0 Å². The fourth-order valence-corrected chi connectivity index (χ4v) is 4.39. The Labute approximate surface area is 136 Å². The number of hydrogen-bond acceptors (Lipinski definition) is 7. The molecular weight excluding hydrogens is 324 g/mol. The molecule has 0 aromatic heterocycles. The van der Waals surface area contributed by atoms with Gasteiger partial charge < -0.3 is 9.47 Å². The second kappa shape index (κ2) is 8.42. The van der Waals surface area contributed by atoms with Gasteiger partial charge in [-0.25, -0.2) is 8.42 Å². The molecule has 1 saturated carbocycles. The number of hydrogen-bond donors (Lipinski definition) is 0. The molecule has 8 heteroatoms. The highest BCUT2D eigenvalue weighted by Gasteiger charge is 2.46. The molecule has 132 valence electrons. The minimum atomic E-state index is -3.45. The Balaban J connectivity index is 3.10. The van der Waals surface area contributed by atoms with Crippen molar-refractivity contribution in [3.63, 3.8) is 0 Å². The summed E-state index contributed by atoms with van der Waals surface area (Å²) in [7, 11) is -3.45. The van der Waals surface area contributed by atoms with Crippen molar-refractivity contribution in [1.82, 2.24) is 0 Å². The number of ketones is 1. The molecule has 1 fully saturated rings. The van der Waals surface area contributed by atoms with E-state index < -0.39 is 44.6 Å². The molecule has 0 aromatic rings. The van der Waals surface area contributed by atoms with Gasteiger partial charge in [-0.1, -0.05) is 12.8 Å². The molecular formula is C15H24O7S. The monoisotopic (exact) mass is 348 g/mol. The fourth-order valence-electron chi connectivity index (χ4n) is 2.93. The highest BCUT2D eigenvalue weighted by atomic mass is 32.2. The third-order valence-corrected chi connectivity index (χ3v) is 5.61. The van der Waals surface area contributed by atoms with E-state index in [0.717, 1.165) is 6.26 Å². The Morgan fingerprint density at radius 3 is 1.91 bits per heavy atom. The molecule has 0 saturated heterocycles. The van der Waals surface area contributed by atoms with Crippen molar-refractivity contribution in [2.45, 2.75) is 44.8 Å². The summed E-state index contributed by atoms with van der Waals surface area (Å²) in [6.45, 7) is 3.15. The van der Waals surface area contributed by atoms with Crippen molar-refractivity contribution in [2.24, 2.45) is 11.8 Å². The maximum absolute atomic E-state index is 12.7. The molecule has 2 unspecified atom stereocenters. The molecule has 1 rings (SSSR count). The zero-order chi connectivity index (χ0) is 17.6. The topological polar surface area (TPSA) is 104 Å². The molecule has 0 aliphatic heterocycles. The Kier molecular flexibility index (Phi) is 7.18. The smallest absolute Gasteiger partial charge is 0.328 e. The quantitative estimate of drug-likeness (QED) is 0.497. The van der Waals surface area contributed by atoms with Crippen LogP contribution >= 0.6 is 0 Å². The van der Waals surface area contributed by atoms with Gasteiger partial charge >= 0.3 is 11.9 Å². The molecule has 23 heavy (non-hydrogen) atoms. The van der Waals surface area contributed by atoms with Gasteiger partial charge in [-0.3, -0.25) is 14.4 Å². The average Bonchev–Trinajstić information content (AvgIpc) is 2.47. The van der Waals surface area contributed by atoms with Crippen LogP contribution < -0.4 is 0 Å². The molecule has 0 spiro atoms. The Bertz CT molecular complexity index is 534. The van der Waals surface area contributed by atoms with Crippen LogP contribution in [-0.4, -0.2) is 50.9 Å². The largest absolute Gasteiger partial charge is 0.465 e. The molecule has 1 aliphatic rings. The predicted molar refractivity (Wildman–Crippen MR) is 82.4 cm³/mol. The molecule has 0 radical (unpaired) electrons. The molecule has 0 amide bonds. The SMILES string of the molecule is CCOC(=O)C(C(=O)OCC)C(=O)C1CCCCC1S(C)(=O)=O. The number of sulfone groups is 1. The zero-order valence-electron chi connectivity index (χ0n) is 13.7. The van der Waals surface area contributed by atoms with Crippen molar-refractivity contribution < 1.29 is 32.3 Å². The lowest BCUT2D eigenvalue weighted by Gasteiger charge is -2.30. The van der Waals surface area contributed by atoms with E-state index in [2.05, 4.69) is 0 Å². The third-order valence-electron chi connectivity index (χ3n) is 3.95. The third kappa shape index (κ3) is 5.02. The van der Waals surface area contributed by atoms with Gasteiger partial charge in [-0.2, -0.15) is 0 Å². The minimum absolute atomic E-state index is 0.0161. The highest BCUT2D eigenvalue weighted by molar-refractivity contribution is 7.91. The molecule has 2 atom stereocenters. The van der Waals surface area contributed by atoms with Crippen LogP contribution in [0.2, 0.25) is 0 Å². The zero-order valence-corrected chi connectivity index (χ0v) is 14.6. The van der Waals surface area contributed by atoms with Crippen LogP contribution in [0.5, 0.6) is 0 Å². The lowest BCUT2D eigenvalue weighted by atomic mass is 9.81. The van der Waals surface area contributed by atoms with Crippen LogP contribution in [0.1, 0.15) is 39.5 Å². The summed E-state index contributed by atoms with van der Waals surface area (Å²) in [5.41, 5.74) is 0. The van der Waals surface area contributed by atoms with Gasteiger partial charge in [0.15, 0.2) is 15.6 Å². The Morgan fingerprint density at radius 1 is 1.00 bits per heavy atom. The van der Waals surface area contributed by atoms with Gasteiger partial charge in [0.1, 0.15) is 0 Å². The summed E-state index contributed by atoms with van der Waals surface area (Å²) < 4.78 is 33.4. The van der Waals surface area contributed by atoms with Crippen molar-refractivity contribution in [3.8, 4) is 0 Å². The molecule has 1 aliphatic carbocycles. The van der Waals surface area contributed by atoms with E-state index >= 15 is 0 Å². The van der Waals surface area contributed by atoms with Crippen LogP contribution in [0, 0.1) is 11.8 Å². The Morgan fingerprint density at radius 2 is 1.48 bits per heavy atom. The van der Waals surface area contributed by atoms with Gasteiger partial charge in [-0.15, -0.1) is 0 Å². The van der Waals surface area contributed by atoms with Gasteiger partial charge in [-0.05, 0) is 26.7 Å². The van der Waals surface area contributed by atoms with Crippen LogP contribution in [0.25, 0.3) is 0 Å². The normalized spacial score (nSPS) is 21.7. The maximum Gasteiger partial charge on any atom is 0.328 e. The summed E-state index contributed by atoms with van der Waals surface area (Å²) in [5, 5.41) is -0.866. The van der Waals surface area contributed by atoms with Crippen molar-refractivity contribution >= 4 is 27.6 Å². The highest BCUT2D eigenvalue weighted by Crippen LogP contribution is 2.32. The lowest BCUT2D eigenvalue weighted by Crippen LogP contribution is -2.45. The average molecular weight is 348 g/mol.